The highest BCUT2D eigenvalue weighted by Crippen LogP contribution is 2.63. The van der Waals surface area contributed by atoms with E-state index in [2.05, 4.69) is 109 Å². The highest BCUT2D eigenvalue weighted by molar-refractivity contribution is 9.44. The Bertz CT molecular complexity index is 771. The van der Waals surface area contributed by atoms with Gasteiger partial charge in [0.05, 0.1) is 0 Å². The molecule has 0 aliphatic heterocycles. The summed E-state index contributed by atoms with van der Waals surface area (Å²) in [6.45, 7) is 6.66. The quantitative estimate of drug-likeness (QED) is 0.544. The molecule has 0 N–H and O–H groups in total. The highest BCUT2D eigenvalue weighted by Gasteiger charge is 2.45. The summed E-state index contributed by atoms with van der Waals surface area (Å²) in [5.74, 6) is -1.80. The number of aryl methyl sites for hydroxylation is 1. The monoisotopic (exact) mass is 383 g/mol. The third-order valence-corrected chi connectivity index (χ3v) is 11.4. The van der Waals surface area contributed by atoms with Gasteiger partial charge in [0.2, 0.25) is 0 Å². The molecule has 23 heavy (non-hydrogen) atoms. The van der Waals surface area contributed by atoms with E-state index >= 15 is 0 Å². The second-order valence-corrected chi connectivity index (χ2v) is 11.8. The molecule has 0 saturated heterocycles. The molecule has 3 aromatic rings. The highest BCUT2D eigenvalue weighted by atomic mass is 79.9. The van der Waals surface area contributed by atoms with E-state index in [4.69, 9.17) is 0 Å². The van der Waals surface area contributed by atoms with Crippen molar-refractivity contribution < 1.29 is 0 Å². The van der Waals surface area contributed by atoms with Gasteiger partial charge in [-0.25, -0.2) is 0 Å². The van der Waals surface area contributed by atoms with Gasteiger partial charge in [0.1, 0.15) is 15.9 Å². The lowest BCUT2D eigenvalue weighted by molar-refractivity contribution is 1.28. The fraction of sp³-hybridized carbons (Fsp3) is 0.143. The number of benzene rings is 3. The van der Waals surface area contributed by atoms with Gasteiger partial charge in [-0.1, -0.05) is 42.5 Å². The molecule has 0 fully saturated rings. The predicted molar refractivity (Wildman–Crippen MR) is 108 cm³/mol. The maximum Gasteiger partial charge on any atom is 0.181 e. The summed E-state index contributed by atoms with van der Waals surface area (Å²) in [7, 11) is 0. The lowest BCUT2D eigenvalue weighted by Gasteiger charge is -2.23. The van der Waals surface area contributed by atoms with Crippen LogP contribution in [0.5, 0.6) is 0 Å². The van der Waals surface area contributed by atoms with Crippen molar-refractivity contribution in [2.75, 3.05) is 0 Å². The Hall–Kier alpha value is -1.43. The minimum Gasteiger partial charge on any atom is -0.0620 e. The van der Waals surface area contributed by atoms with Crippen LogP contribution in [0.15, 0.2) is 72.8 Å². The Morgan fingerprint density at radius 1 is 0.609 bits per heavy atom. The van der Waals surface area contributed by atoms with Crippen LogP contribution in [0.3, 0.4) is 0 Å². The molecule has 0 atom stereocenters. The van der Waals surface area contributed by atoms with Crippen LogP contribution in [0, 0.1) is 20.8 Å². The Labute approximate surface area is 147 Å². The maximum atomic E-state index is 4.23. The smallest absolute Gasteiger partial charge is 0.0620 e. The molecule has 0 aliphatic carbocycles. The lowest BCUT2D eigenvalue weighted by Crippen LogP contribution is -2.29. The molecule has 0 aliphatic rings. The van der Waals surface area contributed by atoms with Gasteiger partial charge in [0, 0.05) is 0 Å². The van der Waals surface area contributed by atoms with E-state index in [9.17, 15) is 0 Å². The van der Waals surface area contributed by atoms with Crippen LogP contribution in [-0.2, 0) is 0 Å². The molecule has 0 nitrogen and oxygen atoms in total. The molecule has 0 amide bonds. The molecule has 116 valence electrons. The van der Waals surface area contributed by atoms with Gasteiger partial charge in [-0.05, 0) is 67.8 Å². The Morgan fingerprint density at radius 3 is 1.57 bits per heavy atom. The van der Waals surface area contributed by atoms with Gasteiger partial charge in [-0.3, -0.25) is 0 Å². The predicted octanol–water partition coefficient (Wildman–Crippen LogP) is 5.22. The third kappa shape index (κ3) is 2.89. The summed E-state index contributed by atoms with van der Waals surface area (Å²) < 4.78 is 0. The number of hydrogen-bond donors (Lipinski definition) is 0. The second-order valence-electron chi connectivity index (χ2n) is 5.91. The maximum absolute atomic E-state index is 4.23. The summed E-state index contributed by atoms with van der Waals surface area (Å²) in [6.07, 6.45) is 0. The first-order chi connectivity index (χ1) is 11.0. The molecule has 0 unspecified atom stereocenters. The minimum atomic E-state index is -1.80. The van der Waals surface area contributed by atoms with Crippen LogP contribution in [0.1, 0.15) is 16.7 Å². The summed E-state index contributed by atoms with van der Waals surface area (Å²) in [4.78, 5) is 0. The van der Waals surface area contributed by atoms with Gasteiger partial charge in [-0.2, -0.15) is 0 Å². The summed E-state index contributed by atoms with van der Waals surface area (Å²) >= 11 is 4.23. The van der Waals surface area contributed by atoms with E-state index in [1.807, 2.05) is 0 Å². The normalized spacial score (nSPS) is 11.5. The van der Waals surface area contributed by atoms with Crippen molar-refractivity contribution in [1.82, 2.24) is 0 Å². The lowest BCUT2D eigenvalue weighted by atomic mass is 10.1. The fourth-order valence-corrected chi connectivity index (χ4v) is 8.47. The summed E-state index contributed by atoms with van der Waals surface area (Å²) in [5.41, 5.74) is 4.13. The minimum absolute atomic E-state index is 1.35. The summed E-state index contributed by atoms with van der Waals surface area (Å²) in [5, 5.41) is 4.13. The van der Waals surface area contributed by atoms with Crippen molar-refractivity contribution >= 4 is 37.4 Å². The summed E-state index contributed by atoms with van der Waals surface area (Å²) in [6, 6.07) is 26.2. The zero-order valence-electron chi connectivity index (χ0n) is 13.8. The first-order valence-corrected chi connectivity index (χ1v) is 11.6. The van der Waals surface area contributed by atoms with Gasteiger partial charge in [0.15, 0.2) is 21.5 Å². The first kappa shape index (κ1) is 16.4. The van der Waals surface area contributed by atoms with Gasteiger partial charge < -0.3 is 0 Å². The van der Waals surface area contributed by atoms with Gasteiger partial charge >= 0.3 is 0 Å². The van der Waals surface area contributed by atoms with Crippen molar-refractivity contribution in [3.8, 4) is 0 Å². The fourth-order valence-electron chi connectivity index (χ4n) is 2.97. The van der Waals surface area contributed by atoms with Gasteiger partial charge in [-0.15, -0.1) is 0 Å². The van der Waals surface area contributed by atoms with E-state index in [1.165, 1.54) is 32.6 Å². The van der Waals surface area contributed by atoms with E-state index < -0.39 is 5.96 Å². The molecule has 3 rings (SSSR count). The molecule has 0 bridgehead atoms. The Kier molecular flexibility index (Phi) is 4.71. The van der Waals surface area contributed by atoms with Crippen molar-refractivity contribution in [1.29, 1.82) is 0 Å². The van der Waals surface area contributed by atoms with E-state index in [0.29, 0.717) is 0 Å². The van der Waals surface area contributed by atoms with E-state index in [-0.39, 0.29) is 0 Å². The van der Waals surface area contributed by atoms with Crippen LogP contribution in [-0.4, -0.2) is 0 Å². The van der Waals surface area contributed by atoms with E-state index in [1.54, 1.807) is 0 Å². The Morgan fingerprint density at radius 2 is 1.09 bits per heavy atom. The molecule has 0 heterocycles. The van der Waals surface area contributed by atoms with Crippen LogP contribution >= 0.6 is 21.5 Å². The SMILES string of the molecule is Cc1ccc([P+](Br)(c2ccccc2)c2ccccc2)c(C)c1C. The molecule has 0 saturated carbocycles. The topological polar surface area (TPSA) is 0 Å². The van der Waals surface area contributed by atoms with Crippen molar-refractivity contribution in [2.24, 2.45) is 0 Å². The van der Waals surface area contributed by atoms with Crippen molar-refractivity contribution in [2.45, 2.75) is 20.8 Å². The molecule has 0 aromatic heterocycles. The average Bonchev–Trinajstić information content (AvgIpc) is 2.61. The van der Waals surface area contributed by atoms with E-state index in [0.717, 1.165) is 0 Å². The molecular formula is C21H21BrP+. The average molecular weight is 384 g/mol. The van der Waals surface area contributed by atoms with Crippen LogP contribution in [0.25, 0.3) is 0 Å². The number of halogens is 1. The zero-order valence-corrected chi connectivity index (χ0v) is 16.2. The molecule has 3 aromatic carbocycles. The molecule has 0 spiro atoms. The van der Waals surface area contributed by atoms with Crippen molar-refractivity contribution in [3.63, 3.8) is 0 Å². The van der Waals surface area contributed by atoms with Crippen LogP contribution < -0.4 is 15.9 Å². The van der Waals surface area contributed by atoms with Crippen LogP contribution in [0.4, 0.5) is 0 Å². The zero-order chi connectivity index (χ0) is 16.4. The molecule has 0 radical (unpaired) electrons. The third-order valence-electron chi connectivity index (χ3n) is 4.59. The van der Waals surface area contributed by atoms with Gasteiger partial charge in [0.25, 0.3) is 0 Å². The largest absolute Gasteiger partial charge is 0.181 e. The Balaban J connectivity index is 2.32. The second kappa shape index (κ2) is 6.59. The standard InChI is InChI=1S/C21H21BrP/c1-16-14-15-21(18(3)17(16)2)23(22,19-10-6-4-7-11-19)20-12-8-5-9-13-20/h4-15H,1-3H3/q+1. The van der Waals surface area contributed by atoms with Crippen LogP contribution in [0.2, 0.25) is 0 Å². The van der Waals surface area contributed by atoms with Crippen molar-refractivity contribution in [3.05, 3.63) is 89.5 Å². The number of hydrogen-bond acceptors (Lipinski definition) is 0. The number of rotatable bonds is 3. The molecule has 2 heteroatoms. The molecular weight excluding hydrogens is 363 g/mol. The first-order valence-electron chi connectivity index (χ1n) is 7.82.